The summed E-state index contributed by atoms with van der Waals surface area (Å²) in [7, 11) is 0. The summed E-state index contributed by atoms with van der Waals surface area (Å²) >= 11 is 6.46. The fourth-order valence-corrected chi connectivity index (χ4v) is 5.03. The lowest BCUT2D eigenvalue weighted by Gasteiger charge is -2.18. The fraction of sp³-hybridized carbons (Fsp3) is 0.269. The molecule has 36 heavy (non-hydrogen) atoms. The Labute approximate surface area is 208 Å². The highest BCUT2D eigenvalue weighted by Crippen LogP contribution is 2.44. The Bertz CT molecular complexity index is 1410. The number of H-pyrrole nitrogens is 1. The molecule has 6 rings (SSSR count). The summed E-state index contributed by atoms with van der Waals surface area (Å²) in [5, 5.41) is 10.1. The van der Waals surface area contributed by atoms with Crippen LogP contribution in [0.3, 0.4) is 0 Å². The average Bonchev–Trinajstić information content (AvgIpc) is 3.54. The molecule has 2 aromatic carbocycles. The van der Waals surface area contributed by atoms with E-state index in [0.717, 1.165) is 11.1 Å². The number of rotatable bonds is 4. The first kappa shape index (κ1) is 23.3. The van der Waals surface area contributed by atoms with Crippen LogP contribution in [0, 0.1) is 0 Å². The van der Waals surface area contributed by atoms with Crippen molar-refractivity contribution in [3.8, 4) is 28.3 Å². The number of pyridine rings is 1. The van der Waals surface area contributed by atoms with E-state index in [1.807, 2.05) is 42.5 Å². The van der Waals surface area contributed by atoms with Crippen LogP contribution in [0.1, 0.15) is 5.56 Å². The number of hydrogen-bond acceptors (Lipinski definition) is 5. The number of aliphatic hydroxyl groups is 1. The number of nitrogens with one attached hydrogen (secondary N) is 1. The van der Waals surface area contributed by atoms with E-state index in [4.69, 9.17) is 25.8 Å². The second-order valence-electron chi connectivity index (χ2n) is 8.80. The summed E-state index contributed by atoms with van der Waals surface area (Å²) in [5.74, 6) is -0.489. The highest BCUT2D eigenvalue weighted by atomic mass is 35.5. The van der Waals surface area contributed by atoms with Gasteiger partial charge in [0.25, 0.3) is 0 Å². The van der Waals surface area contributed by atoms with Crippen molar-refractivity contribution in [1.29, 1.82) is 0 Å². The lowest BCUT2D eigenvalue weighted by molar-refractivity contribution is -0.138. The number of aliphatic hydroxyl groups excluding tert-OH is 1. The summed E-state index contributed by atoms with van der Waals surface area (Å²) in [4.78, 5) is 7.00. The molecule has 186 valence electrons. The van der Waals surface area contributed by atoms with E-state index in [0.29, 0.717) is 5.56 Å². The van der Waals surface area contributed by atoms with Crippen LogP contribution >= 0.6 is 11.6 Å². The third-order valence-corrected chi connectivity index (χ3v) is 6.78. The third-order valence-electron chi connectivity index (χ3n) is 6.49. The summed E-state index contributed by atoms with van der Waals surface area (Å²) in [6.45, 7) is 0.0316. The molecule has 4 atom stereocenters. The SMILES string of the molecule is OC1COC2C(Oc3[nH]c4cc(Cl)c(-c5ccc(-c6ccccc6)cc5)nc4c3C(F)(F)F)COC12. The second kappa shape index (κ2) is 8.77. The van der Waals surface area contributed by atoms with Crippen LogP contribution < -0.4 is 4.74 Å². The molecule has 0 radical (unpaired) electrons. The Balaban J connectivity index is 1.38. The van der Waals surface area contributed by atoms with Crippen molar-refractivity contribution in [3.63, 3.8) is 0 Å². The number of aromatic nitrogens is 2. The Morgan fingerprint density at radius 2 is 1.61 bits per heavy atom. The molecular formula is C26H20ClF3N2O4. The molecular weight excluding hydrogens is 497 g/mol. The number of fused-ring (bicyclic) bond motifs is 2. The fourth-order valence-electron chi connectivity index (χ4n) is 4.77. The highest BCUT2D eigenvalue weighted by Gasteiger charge is 2.49. The summed E-state index contributed by atoms with van der Waals surface area (Å²) in [5.41, 5.74) is 1.55. The lowest BCUT2D eigenvalue weighted by atomic mass is 10.0. The smallest absolute Gasteiger partial charge is 0.423 e. The summed E-state index contributed by atoms with van der Waals surface area (Å²) in [6, 6.07) is 18.4. The first-order valence-electron chi connectivity index (χ1n) is 11.3. The molecule has 4 unspecified atom stereocenters. The molecule has 2 fully saturated rings. The number of halogens is 4. The van der Waals surface area contributed by atoms with E-state index in [1.165, 1.54) is 6.07 Å². The normalized spacial score (nSPS) is 23.8. The first-order chi connectivity index (χ1) is 17.3. The third kappa shape index (κ3) is 4.02. The maximum Gasteiger partial charge on any atom is 0.423 e. The Morgan fingerprint density at radius 1 is 0.944 bits per heavy atom. The van der Waals surface area contributed by atoms with E-state index in [-0.39, 0.29) is 35.0 Å². The summed E-state index contributed by atoms with van der Waals surface area (Å²) in [6.07, 6.45) is -7.71. The van der Waals surface area contributed by atoms with E-state index >= 15 is 0 Å². The van der Waals surface area contributed by atoms with Gasteiger partial charge in [0.1, 0.15) is 29.4 Å². The minimum absolute atomic E-state index is 0.00769. The molecule has 0 spiro atoms. The van der Waals surface area contributed by atoms with E-state index < -0.39 is 42.0 Å². The molecule has 2 aromatic heterocycles. The zero-order valence-electron chi connectivity index (χ0n) is 18.6. The van der Waals surface area contributed by atoms with E-state index in [2.05, 4.69) is 9.97 Å². The molecule has 4 aromatic rings. The maximum atomic E-state index is 14.2. The van der Waals surface area contributed by atoms with Crippen molar-refractivity contribution >= 4 is 22.6 Å². The van der Waals surface area contributed by atoms with Gasteiger partial charge in [-0.2, -0.15) is 13.2 Å². The van der Waals surface area contributed by atoms with Crippen LogP contribution in [0.4, 0.5) is 13.2 Å². The lowest BCUT2D eigenvalue weighted by Crippen LogP contribution is -2.35. The number of alkyl halides is 3. The molecule has 0 saturated carbocycles. The number of benzene rings is 2. The van der Waals surface area contributed by atoms with Crippen LogP contribution in [-0.4, -0.2) is 52.7 Å². The molecule has 2 saturated heterocycles. The van der Waals surface area contributed by atoms with Gasteiger partial charge in [0.2, 0.25) is 5.88 Å². The Hall–Kier alpha value is -3.11. The standard InChI is InChI=1S/C26H20ClF3N2O4/c27-16-10-17-22(32-21(16)15-8-6-14(7-9-15)13-4-2-1-3-5-13)20(26(28,29)30)25(31-17)36-19-12-35-23-18(33)11-34-24(19)23/h1-10,18-19,23-24,31,33H,11-12H2. The number of ether oxygens (including phenoxy) is 3. The van der Waals surface area contributed by atoms with Gasteiger partial charge in [-0.05, 0) is 17.2 Å². The van der Waals surface area contributed by atoms with Gasteiger partial charge < -0.3 is 24.3 Å². The topological polar surface area (TPSA) is 76.6 Å². The predicted molar refractivity (Wildman–Crippen MR) is 127 cm³/mol. The monoisotopic (exact) mass is 516 g/mol. The van der Waals surface area contributed by atoms with Crippen LogP contribution in [0.2, 0.25) is 5.02 Å². The van der Waals surface area contributed by atoms with Gasteiger partial charge in [0.15, 0.2) is 6.10 Å². The predicted octanol–water partition coefficient (Wildman–Crippen LogP) is 5.48. The molecule has 0 bridgehead atoms. The number of nitrogens with zero attached hydrogens (tertiary/aromatic N) is 1. The van der Waals surface area contributed by atoms with Crippen molar-refractivity contribution in [2.75, 3.05) is 13.2 Å². The molecule has 2 N–H and O–H groups in total. The van der Waals surface area contributed by atoms with Gasteiger partial charge in [-0.3, -0.25) is 0 Å². The Kier molecular flexibility index (Phi) is 5.68. The van der Waals surface area contributed by atoms with Crippen molar-refractivity contribution in [2.24, 2.45) is 0 Å². The molecule has 10 heteroatoms. The molecule has 4 heterocycles. The van der Waals surface area contributed by atoms with Crippen LogP contribution in [0.5, 0.6) is 5.88 Å². The van der Waals surface area contributed by atoms with Crippen LogP contribution in [0.15, 0.2) is 60.7 Å². The highest BCUT2D eigenvalue weighted by molar-refractivity contribution is 6.33. The average molecular weight is 517 g/mol. The van der Waals surface area contributed by atoms with Crippen molar-refractivity contribution in [2.45, 2.75) is 30.6 Å². The minimum Gasteiger partial charge on any atom is -0.470 e. The largest absolute Gasteiger partial charge is 0.470 e. The number of hydrogen-bond donors (Lipinski definition) is 2. The molecule has 2 aliphatic rings. The van der Waals surface area contributed by atoms with Gasteiger partial charge in [-0.25, -0.2) is 4.98 Å². The molecule has 0 amide bonds. The van der Waals surface area contributed by atoms with Gasteiger partial charge >= 0.3 is 6.18 Å². The first-order valence-corrected chi connectivity index (χ1v) is 11.7. The van der Waals surface area contributed by atoms with Crippen molar-refractivity contribution in [3.05, 3.63) is 71.2 Å². The van der Waals surface area contributed by atoms with Gasteiger partial charge in [-0.15, -0.1) is 0 Å². The van der Waals surface area contributed by atoms with Crippen LogP contribution in [0.25, 0.3) is 33.4 Å². The summed E-state index contributed by atoms with van der Waals surface area (Å²) < 4.78 is 59.3. The Morgan fingerprint density at radius 3 is 2.33 bits per heavy atom. The van der Waals surface area contributed by atoms with Gasteiger partial charge in [0, 0.05) is 5.56 Å². The van der Waals surface area contributed by atoms with E-state index in [9.17, 15) is 18.3 Å². The van der Waals surface area contributed by atoms with Crippen molar-refractivity contribution < 1.29 is 32.5 Å². The molecule has 0 aliphatic carbocycles. The van der Waals surface area contributed by atoms with Gasteiger partial charge in [0.05, 0.1) is 29.4 Å². The molecule has 2 aliphatic heterocycles. The maximum absolute atomic E-state index is 14.2. The zero-order chi connectivity index (χ0) is 25.0. The van der Waals surface area contributed by atoms with Crippen molar-refractivity contribution in [1.82, 2.24) is 9.97 Å². The van der Waals surface area contributed by atoms with Crippen LogP contribution in [-0.2, 0) is 15.7 Å². The second-order valence-corrected chi connectivity index (χ2v) is 9.21. The van der Waals surface area contributed by atoms with E-state index in [1.54, 1.807) is 12.1 Å². The minimum atomic E-state index is -4.75. The zero-order valence-corrected chi connectivity index (χ0v) is 19.4. The number of aromatic amines is 1. The van der Waals surface area contributed by atoms with Gasteiger partial charge in [-0.1, -0.05) is 66.2 Å². The quantitative estimate of drug-likeness (QED) is 0.376. The molecule has 6 nitrogen and oxygen atoms in total.